The molecule has 0 aliphatic heterocycles. The molecule has 90 valence electrons. The number of nitrogens with two attached hydrogens (primary N) is 2. The molecule has 0 saturated heterocycles. The normalized spacial score (nSPS) is 10.9. The van der Waals surface area contributed by atoms with Crippen molar-refractivity contribution >= 4 is 38.9 Å². The van der Waals surface area contributed by atoms with Crippen LogP contribution in [0.25, 0.3) is 17.0 Å². The molecule has 0 saturated carbocycles. The first kappa shape index (κ1) is 10.9. The number of halogens is 1. The van der Waals surface area contributed by atoms with Gasteiger partial charge in [-0.15, -0.1) is 0 Å². The Bertz CT molecular complexity index is 716. The van der Waals surface area contributed by atoms with Gasteiger partial charge in [0.15, 0.2) is 5.65 Å². The summed E-state index contributed by atoms with van der Waals surface area (Å²) < 4.78 is 2.39. The lowest BCUT2D eigenvalue weighted by molar-refractivity contribution is 1.00. The van der Waals surface area contributed by atoms with Crippen molar-refractivity contribution in [3.8, 4) is 5.82 Å². The molecule has 4 N–H and O–H groups in total. The zero-order valence-electron chi connectivity index (χ0n) is 9.08. The molecule has 3 rings (SSSR count). The predicted molar refractivity (Wildman–Crippen MR) is 71.0 cm³/mol. The smallest absolute Gasteiger partial charge is 0.223 e. The van der Waals surface area contributed by atoms with Gasteiger partial charge in [0.2, 0.25) is 5.95 Å². The number of aromatic nitrogens is 5. The Morgan fingerprint density at radius 2 is 2.00 bits per heavy atom. The quantitative estimate of drug-likeness (QED) is 0.698. The molecule has 18 heavy (non-hydrogen) atoms. The van der Waals surface area contributed by atoms with Gasteiger partial charge < -0.3 is 11.5 Å². The fourth-order valence-electron chi connectivity index (χ4n) is 1.66. The first-order chi connectivity index (χ1) is 8.63. The molecule has 8 heteroatoms. The van der Waals surface area contributed by atoms with Gasteiger partial charge in [0.1, 0.15) is 21.8 Å². The third-order valence-corrected chi connectivity index (χ3v) is 2.74. The van der Waals surface area contributed by atoms with Crippen LogP contribution in [0.5, 0.6) is 0 Å². The number of hydrogen-bond acceptors (Lipinski definition) is 6. The van der Waals surface area contributed by atoms with E-state index in [-0.39, 0.29) is 5.95 Å². The first-order valence-corrected chi connectivity index (χ1v) is 5.83. The monoisotopic (exact) mass is 305 g/mol. The molecule has 0 bridgehead atoms. The average Bonchev–Trinajstić information content (AvgIpc) is 2.70. The van der Waals surface area contributed by atoms with Crippen LogP contribution in [0, 0.1) is 0 Å². The number of rotatable bonds is 1. The lowest BCUT2D eigenvalue weighted by Crippen LogP contribution is -2.05. The molecule has 0 atom stereocenters. The zero-order chi connectivity index (χ0) is 12.7. The molecule has 0 radical (unpaired) electrons. The number of anilines is 2. The summed E-state index contributed by atoms with van der Waals surface area (Å²) in [5.41, 5.74) is 12.7. The van der Waals surface area contributed by atoms with E-state index in [1.807, 2.05) is 6.07 Å². The summed E-state index contributed by atoms with van der Waals surface area (Å²) in [6.07, 6.45) is 3.44. The number of hydrogen-bond donors (Lipinski definition) is 2. The van der Waals surface area contributed by atoms with Crippen LogP contribution < -0.4 is 11.5 Å². The molecular weight excluding hydrogens is 298 g/mol. The van der Waals surface area contributed by atoms with Crippen molar-refractivity contribution < 1.29 is 0 Å². The standard InChI is InChI=1S/C10H8BrN7/c11-6-4-14-5-1-2-18(9(5)15-6)8-3-7(12)16-10(13)17-8/h1-4H,(H4,12,13,16,17). The second kappa shape index (κ2) is 3.91. The topological polar surface area (TPSA) is 109 Å². The van der Waals surface area contributed by atoms with Crippen LogP contribution in [0.15, 0.2) is 29.1 Å². The highest BCUT2D eigenvalue weighted by Crippen LogP contribution is 2.19. The Morgan fingerprint density at radius 3 is 2.78 bits per heavy atom. The van der Waals surface area contributed by atoms with E-state index in [0.717, 1.165) is 5.52 Å². The first-order valence-electron chi connectivity index (χ1n) is 5.03. The van der Waals surface area contributed by atoms with E-state index < -0.39 is 0 Å². The van der Waals surface area contributed by atoms with Crippen molar-refractivity contribution in [2.24, 2.45) is 0 Å². The molecule has 0 aliphatic rings. The lowest BCUT2D eigenvalue weighted by atomic mass is 10.5. The lowest BCUT2D eigenvalue weighted by Gasteiger charge is -2.05. The maximum absolute atomic E-state index is 5.65. The van der Waals surface area contributed by atoms with Crippen molar-refractivity contribution in [2.45, 2.75) is 0 Å². The van der Waals surface area contributed by atoms with E-state index in [4.69, 9.17) is 11.5 Å². The third kappa shape index (κ3) is 1.76. The predicted octanol–water partition coefficient (Wildman–Crippen LogP) is 1.14. The van der Waals surface area contributed by atoms with Gasteiger partial charge >= 0.3 is 0 Å². The van der Waals surface area contributed by atoms with Crippen LogP contribution in [0.3, 0.4) is 0 Å². The van der Waals surface area contributed by atoms with E-state index in [0.29, 0.717) is 21.9 Å². The van der Waals surface area contributed by atoms with Gasteiger partial charge in [-0.1, -0.05) is 0 Å². The van der Waals surface area contributed by atoms with Crippen LogP contribution in [-0.2, 0) is 0 Å². The summed E-state index contributed by atoms with van der Waals surface area (Å²) in [4.78, 5) is 16.5. The second-order valence-electron chi connectivity index (χ2n) is 3.60. The van der Waals surface area contributed by atoms with Crippen LogP contribution in [0.1, 0.15) is 0 Å². The zero-order valence-corrected chi connectivity index (χ0v) is 10.7. The molecule has 0 spiro atoms. The van der Waals surface area contributed by atoms with Crippen molar-refractivity contribution in [1.29, 1.82) is 0 Å². The molecule has 3 aromatic rings. The van der Waals surface area contributed by atoms with Crippen LogP contribution in [0.4, 0.5) is 11.8 Å². The molecule has 3 aromatic heterocycles. The van der Waals surface area contributed by atoms with E-state index in [1.165, 1.54) is 0 Å². The summed E-state index contributed by atoms with van der Waals surface area (Å²) in [5, 5.41) is 0. The second-order valence-corrected chi connectivity index (χ2v) is 4.41. The van der Waals surface area contributed by atoms with Gasteiger partial charge in [-0.25, -0.2) is 4.98 Å². The van der Waals surface area contributed by atoms with Gasteiger partial charge in [0.25, 0.3) is 0 Å². The summed E-state index contributed by atoms with van der Waals surface area (Å²) in [6.45, 7) is 0. The minimum atomic E-state index is 0.120. The number of nitrogens with zero attached hydrogens (tertiary/aromatic N) is 5. The molecule has 7 nitrogen and oxygen atoms in total. The SMILES string of the molecule is Nc1cc(-n2ccc3ncc(Br)nc32)nc(N)n1. The van der Waals surface area contributed by atoms with Gasteiger partial charge in [-0.2, -0.15) is 9.97 Å². The van der Waals surface area contributed by atoms with Crippen molar-refractivity contribution in [3.63, 3.8) is 0 Å². The number of nitrogen functional groups attached to an aromatic ring is 2. The Hall–Kier alpha value is -2.22. The van der Waals surface area contributed by atoms with Crippen LogP contribution >= 0.6 is 15.9 Å². The molecule has 0 aromatic carbocycles. The summed E-state index contributed by atoms with van der Waals surface area (Å²) in [6, 6.07) is 3.46. The van der Waals surface area contributed by atoms with Gasteiger partial charge in [0, 0.05) is 12.3 Å². The maximum atomic E-state index is 5.65. The highest BCUT2D eigenvalue weighted by atomic mass is 79.9. The van der Waals surface area contributed by atoms with Crippen LogP contribution in [0.2, 0.25) is 0 Å². The fourth-order valence-corrected chi connectivity index (χ4v) is 1.93. The summed E-state index contributed by atoms with van der Waals surface area (Å²) in [7, 11) is 0. The van der Waals surface area contributed by atoms with E-state index in [1.54, 1.807) is 23.0 Å². The minimum absolute atomic E-state index is 0.120. The molecule has 0 amide bonds. The van der Waals surface area contributed by atoms with Crippen LogP contribution in [-0.4, -0.2) is 24.5 Å². The minimum Gasteiger partial charge on any atom is -0.383 e. The molecular formula is C10H8BrN7. The van der Waals surface area contributed by atoms with Crippen molar-refractivity contribution in [2.75, 3.05) is 11.5 Å². The van der Waals surface area contributed by atoms with E-state index in [2.05, 4.69) is 35.9 Å². The van der Waals surface area contributed by atoms with Gasteiger partial charge in [0.05, 0.1) is 6.20 Å². The highest BCUT2D eigenvalue weighted by Gasteiger charge is 2.09. The maximum Gasteiger partial charge on any atom is 0.223 e. The van der Waals surface area contributed by atoms with E-state index >= 15 is 0 Å². The third-order valence-electron chi connectivity index (χ3n) is 2.36. The largest absolute Gasteiger partial charge is 0.383 e. The average molecular weight is 306 g/mol. The van der Waals surface area contributed by atoms with Crippen molar-refractivity contribution in [3.05, 3.63) is 29.1 Å². The summed E-state index contributed by atoms with van der Waals surface area (Å²) >= 11 is 3.28. The summed E-state index contributed by atoms with van der Waals surface area (Å²) in [5.74, 6) is 0.986. The Kier molecular flexibility index (Phi) is 2.37. The molecule has 0 aliphatic carbocycles. The number of fused-ring (bicyclic) bond motifs is 1. The highest BCUT2D eigenvalue weighted by molar-refractivity contribution is 9.10. The molecule has 0 unspecified atom stereocenters. The van der Waals surface area contributed by atoms with Crippen molar-refractivity contribution in [1.82, 2.24) is 24.5 Å². The Balaban J connectivity index is 2.27. The Morgan fingerprint density at radius 1 is 1.17 bits per heavy atom. The fraction of sp³-hybridized carbons (Fsp3) is 0. The molecule has 0 fully saturated rings. The van der Waals surface area contributed by atoms with Gasteiger partial charge in [-0.3, -0.25) is 9.55 Å². The van der Waals surface area contributed by atoms with E-state index in [9.17, 15) is 0 Å². The van der Waals surface area contributed by atoms with Gasteiger partial charge in [-0.05, 0) is 22.0 Å². The Labute approximate surface area is 110 Å². The molecule has 3 heterocycles.